The Morgan fingerprint density at radius 2 is 1.91 bits per heavy atom. The van der Waals surface area contributed by atoms with Gasteiger partial charge in [0.05, 0.1) is 11.3 Å². The van der Waals surface area contributed by atoms with Gasteiger partial charge in [0.1, 0.15) is 0 Å². The van der Waals surface area contributed by atoms with Crippen LogP contribution in [-0.4, -0.2) is 35.4 Å². The maximum absolute atomic E-state index is 12.7. The van der Waals surface area contributed by atoms with E-state index in [9.17, 15) is 13.2 Å². The predicted octanol–water partition coefficient (Wildman–Crippen LogP) is 2.25. The molecule has 2 aliphatic heterocycles. The first kappa shape index (κ1) is 15.3. The first-order valence-electron chi connectivity index (χ1n) is 7.13. The molecule has 23 heavy (non-hydrogen) atoms. The van der Waals surface area contributed by atoms with E-state index in [1.165, 1.54) is 12.1 Å². The molecule has 0 unspecified atom stereocenters. The molecule has 1 fully saturated rings. The molecule has 0 saturated carbocycles. The summed E-state index contributed by atoms with van der Waals surface area (Å²) in [6.45, 7) is 1.68. The number of benzene rings is 1. The number of hydrazone groups is 1. The standard InChI is InChI=1S/C14H15F3N6/c15-14(16,17)9-4-3-5-10(8-9)19-20-11-12(18)21-22-13(11)23-6-1-2-7-23/h3-5,8,19H,1-2,6-7H2,(H2,18,20,21). The van der Waals surface area contributed by atoms with Gasteiger partial charge in [-0.25, -0.2) is 0 Å². The Kier molecular flexibility index (Phi) is 3.93. The zero-order chi connectivity index (χ0) is 16.4. The summed E-state index contributed by atoms with van der Waals surface area (Å²) in [7, 11) is 0. The zero-order valence-electron chi connectivity index (χ0n) is 12.1. The first-order valence-corrected chi connectivity index (χ1v) is 7.13. The molecule has 0 atom stereocenters. The highest BCUT2D eigenvalue weighted by Crippen LogP contribution is 2.30. The minimum absolute atomic E-state index is 0.145. The fraction of sp³-hybridized carbons (Fsp3) is 0.357. The Labute approximate surface area is 130 Å². The van der Waals surface area contributed by atoms with Crippen molar-refractivity contribution in [1.29, 1.82) is 0 Å². The number of nitrogens with zero attached hydrogens (tertiary/aromatic N) is 4. The minimum atomic E-state index is -4.40. The van der Waals surface area contributed by atoms with Crippen LogP contribution in [0.15, 0.2) is 39.6 Å². The monoisotopic (exact) mass is 324 g/mol. The lowest BCUT2D eigenvalue weighted by molar-refractivity contribution is -0.137. The number of amidine groups is 2. The lowest BCUT2D eigenvalue weighted by Crippen LogP contribution is -2.38. The van der Waals surface area contributed by atoms with Gasteiger partial charge in [-0.2, -0.15) is 18.3 Å². The third-order valence-electron chi connectivity index (χ3n) is 3.60. The summed E-state index contributed by atoms with van der Waals surface area (Å²) in [6, 6.07) is 4.79. The lowest BCUT2D eigenvalue weighted by Gasteiger charge is -2.17. The molecule has 1 aromatic rings. The topological polar surface area (TPSA) is 78.4 Å². The van der Waals surface area contributed by atoms with Crippen molar-refractivity contribution >= 4 is 23.1 Å². The first-order chi connectivity index (χ1) is 10.9. The molecule has 3 rings (SSSR count). The summed E-state index contributed by atoms with van der Waals surface area (Å²) in [6.07, 6.45) is -2.30. The van der Waals surface area contributed by atoms with Crippen LogP contribution in [0.2, 0.25) is 0 Å². The van der Waals surface area contributed by atoms with E-state index < -0.39 is 11.7 Å². The Balaban J connectivity index is 1.79. The molecule has 3 N–H and O–H groups in total. The van der Waals surface area contributed by atoms with Crippen LogP contribution in [0, 0.1) is 0 Å². The summed E-state index contributed by atoms with van der Waals surface area (Å²) in [5.41, 5.74) is 8.18. The molecule has 0 aromatic heterocycles. The Hall–Kier alpha value is -2.58. The van der Waals surface area contributed by atoms with E-state index >= 15 is 0 Å². The molecule has 9 heteroatoms. The van der Waals surface area contributed by atoms with Gasteiger partial charge in [-0.15, -0.1) is 10.2 Å². The molecule has 0 bridgehead atoms. The number of rotatable bonds is 2. The van der Waals surface area contributed by atoms with Crippen LogP contribution in [0.25, 0.3) is 0 Å². The Morgan fingerprint density at radius 1 is 1.17 bits per heavy atom. The van der Waals surface area contributed by atoms with Gasteiger partial charge in [0, 0.05) is 13.1 Å². The van der Waals surface area contributed by atoms with Crippen LogP contribution in [0.3, 0.4) is 0 Å². The molecule has 0 amide bonds. The van der Waals surface area contributed by atoms with E-state index in [0.29, 0.717) is 11.5 Å². The maximum atomic E-state index is 12.7. The highest BCUT2D eigenvalue weighted by Gasteiger charge is 2.30. The quantitative estimate of drug-likeness (QED) is 0.819. The number of hydrogen-bond acceptors (Lipinski definition) is 6. The third-order valence-corrected chi connectivity index (χ3v) is 3.60. The molecular formula is C14H15F3N6. The van der Waals surface area contributed by atoms with E-state index in [1.807, 2.05) is 4.90 Å². The second-order valence-corrected chi connectivity index (χ2v) is 5.25. The molecule has 0 radical (unpaired) electrons. The number of likely N-dealkylation sites (tertiary alicyclic amines) is 1. The molecule has 1 saturated heterocycles. The third kappa shape index (κ3) is 3.27. The molecule has 122 valence electrons. The molecule has 2 heterocycles. The van der Waals surface area contributed by atoms with Crippen LogP contribution >= 0.6 is 0 Å². The van der Waals surface area contributed by atoms with Gasteiger partial charge < -0.3 is 10.6 Å². The average Bonchev–Trinajstić information content (AvgIpc) is 3.14. The van der Waals surface area contributed by atoms with Crippen molar-refractivity contribution in [3.8, 4) is 0 Å². The number of alkyl halides is 3. The number of nitrogens with one attached hydrogen (secondary N) is 1. The smallest absolute Gasteiger partial charge is 0.380 e. The average molecular weight is 324 g/mol. The molecule has 1 aromatic carbocycles. The highest BCUT2D eigenvalue weighted by atomic mass is 19.4. The van der Waals surface area contributed by atoms with Gasteiger partial charge >= 0.3 is 6.18 Å². The van der Waals surface area contributed by atoms with Crippen LogP contribution < -0.4 is 11.2 Å². The van der Waals surface area contributed by atoms with E-state index in [4.69, 9.17) is 5.73 Å². The molecule has 0 spiro atoms. The van der Waals surface area contributed by atoms with Gasteiger partial charge in [0.15, 0.2) is 17.4 Å². The van der Waals surface area contributed by atoms with Gasteiger partial charge in [-0.05, 0) is 31.0 Å². The van der Waals surface area contributed by atoms with Crippen LogP contribution in [0.5, 0.6) is 0 Å². The molecule has 6 nitrogen and oxygen atoms in total. The molecule has 2 aliphatic rings. The second kappa shape index (κ2) is 5.90. The SMILES string of the molecule is NC1=NN=C(N2CCCC2)/C1=N\Nc1cccc(C(F)(F)F)c1. The summed E-state index contributed by atoms with van der Waals surface area (Å²) in [5, 5.41) is 11.9. The van der Waals surface area contributed by atoms with E-state index in [2.05, 4.69) is 20.7 Å². The van der Waals surface area contributed by atoms with Crippen molar-refractivity contribution in [2.75, 3.05) is 18.5 Å². The van der Waals surface area contributed by atoms with Gasteiger partial charge in [0.2, 0.25) is 0 Å². The van der Waals surface area contributed by atoms with E-state index in [0.717, 1.165) is 38.1 Å². The highest BCUT2D eigenvalue weighted by molar-refractivity contribution is 6.68. The largest absolute Gasteiger partial charge is 0.416 e. The van der Waals surface area contributed by atoms with Gasteiger partial charge in [-0.3, -0.25) is 5.43 Å². The number of halogens is 3. The Morgan fingerprint density at radius 3 is 2.61 bits per heavy atom. The lowest BCUT2D eigenvalue weighted by atomic mass is 10.2. The second-order valence-electron chi connectivity index (χ2n) is 5.25. The van der Waals surface area contributed by atoms with Crippen molar-refractivity contribution in [3.05, 3.63) is 29.8 Å². The maximum Gasteiger partial charge on any atom is 0.416 e. The van der Waals surface area contributed by atoms with E-state index in [1.54, 1.807) is 0 Å². The van der Waals surface area contributed by atoms with Gasteiger partial charge in [-0.1, -0.05) is 6.07 Å². The van der Waals surface area contributed by atoms with Crippen molar-refractivity contribution < 1.29 is 13.2 Å². The number of nitrogens with two attached hydrogens (primary N) is 1. The van der Waals surface area contributed by atoms with Crippen LogP contribution in [0.4, 0.5) is 18.9 Å². The summed E-state index contributed by atoms with van der Waals surface area (Å²) < 4.78 is 38.1. The Bertz CT molecular complexity index is 686. The van der Waals surface area contributed by atoms with E-state index in [-0.39, 0.29) is 11.5 Å². The van der Waals surface area contributed by atoms with Crippen molar-refractivity contribution in [2.24, 2.45) is 21.0 Å². The fourth-order valence-corrected chi connectivity index (χ4v) is 2.45. The minimum Gasteiger partial charge on any atom is -0.380 e. The number of anilines is 1. The van der Waals surface area contributed by atoms with Crippen molar-refractivity contribution in [1.82, 2.24) is 4.90 Å². The number of hydrogen-bond donors (Lipinski definition) is 2. The molecule has 0 aliphatic carbocycles. The predicted molar refractivity (Wildman–Crippen MR) is 82.4 cm³/mol. The normalized spacial score (nSPS) is 20.0. The van der Waals surface area contributed by atoms with Crippen molar-refractivity contribution in [2.45, 2.75) is 19.0 Å². The van der Waals surface area contributed by atoms with Gasteiger partial charge in [0.25, 0.3) is 0 Å². The summed E-state index contributed by atoms with van der Waals surface area (Å²) in [4.78, 5) is 2.01. The van der Waals surface area contributed by atoms with Crippen LogP contribution in [0.1, 0.15) is 18.4 Å². The molecular weight excluding hydrogens is 309 g/mol. The summed E-state index contributed by atoms with van der Waals surface area (Å²) >= 11 is 0. The summed E-state index contributed by atoms with van der Waals surface area (Å²) in [5.74, 6) is 0.700. The fourth-order valence-electron chi connectivity index (χ4n) is 2.45. The van der Waals surface area contributed by atoms with Crippen molar-refractivity contribution in [3.63, 3.8) is 0 Å². The van der Waals surface area contributed by atoms with Crippen LogP contribution in [-0.2, 0) is 6.18 Å². The zero-order valence-corrected chi connectivity index (χ0v) is 12.1.